The van der Waals surface area contributed by atoms with Gasteiger partial charge in [0.1, 0.15) is 0 Å². The summed E-state index contributed by atoms with van der Waals surface area (Å²) in [5.41, 5.74) is 1.06. The maximum Gasteiger partial charge on any atom is 0.223 e. The molecule has 2 aliphatic heterocycles. The summed E-state index contributed by atoms with van der Waals surface area (Å²) in [6.45, 7) is 7.69. The van der Waals surface area contributed by atoms with Gasteiger partial charge in [-0.2, -0.15) is 0 Å². The summed E-state index contributed by atoms with van der Waals surface area (Å²) in [6, 6.07) is 6.85. The van der Waals surface area contributed by atoms with E-state index in [1.807, 2.05) is 18.3 Å². The van der Waals surface area contributed by atoms with Crippen LogP contribution in [-0.4, -0.2) is 46.4 Å². The van der Waals surface area contributed by atoms with E-state index in [0.717, 1.165) is 57.4 Å². The second-order valence-electron chi connectivity index (χ2n) is 7.63. The molecule has 0 radical (unpaired) electrons. The molecule has 0 spiro atoms. The van der Waals surface area contributed by atoms with Crippen LogP contribution in [0.25, 0.3) is 0 Å². The Balaban J connectivity index is 1.59. The Hall–Kier alpha value is -1.42. The van der Waals surface area contributed by atoms with E-state index < -0.39 is 0 Å². The maximum absolute atomic E-state index is 12.9. The summed E-state index contributed by atoms with van der Waals surface area (Å²) < 4.78 is 0. The number of hydrogen-bond donors (Lipinski definition) is 0. The summed E-state index contributed by atoms with van der Waals surface area (Å²) in [4.78, 5) is 22.1. The third-order valence-electron chi connectivity index (χ3n) is 5.70. The molecule has 132 valence electrons. The largest absolute Gasteiger partial charge is 0.334 e. The fourth-order valence-electron chi connectivity index (χ4n) is 4.15. The summed E-state index contributed by atoms with van der Waals surface area (Å²) in [5.74, 6) is 0.896. The number of aromatic nitrogens is 1. The van der Waals surface area contributed by atoms with Gasteiger partial charge in [0.2, 0.25) is 5.91 Å². The van der Waals surface area contributed by atoms with Gasteiger partial charge in [-0.15, -0.1) is 0 Å². The smallest absolute Gasteiger partial charge is 0.223 e. The Morgan fingerprint density at radius 1 is 1.17 bits per heavy atom. The third-order valence-corrected chi connectivity index (χ3v) is 5.70. The van der Waals surface area contributed by atoms with Crippen LogP contribution in [0.4, 0.5) is 0 Å². The van der Waals surface area contributed by atoms with Gasteiger partial charge >= 0.3 is 0 Å². The number of carbonyl (C=O) groups excluding carboxylic acids is 1. The van der Waals surface area contributed by atoms with Crippen molar-refractivity contribution in [3.05, 3.63) is 30.1 Å². The SMILES string of the molecule is CC(C)N1CCC(CC(=O)N2CCCC[C@@H]2c2ccccn2)CC1. The Morgan fingerprint density at radius 3 is 2.62 bits per heavy atom. The molecule has 0 aliphatic carbocycles. The molecule has 0 unspecified atom stereocenters. The van der Waals surface area contributed by atoms with Crippen molar-refractivity contribution >= 4 is 5.91 Å². The number of amides is 1. The van der Waals surface area contributed by atoms with Crippen LogP contribution < -0.4 is 0 Å². The van der Waals surface area contributed by atoms with Gasteiger partial charge in [-0.25, -0.2) is 0 Å². The summed E-state index contributed by atoms with van der Waals surface area (Å²) in [6.07, 6.45) is 8.24. The molecule has 2 saturated heterocycles. The fraction of sp³-hybridized carbons (Fsp3) is 0.700. The van der Waals surface area contributed by atoms with Crippen molar-refractivity contribution in [2.75, 3.05) is 19.6 Å². The highest BCUT2D eigenvalue weighted by Crippen LogP contribution is 2.32. The zero-order valence-electron chi connectivity index (χ0n) is 15.2. The lowest BCUT2D eigenvalue weighted by atomic mass is 9.91. The topological polar surface area (TPSA) is 36.4 Å². The van der Waals surface area contributed by atoms with Crippen molar-refractivity contribution in [3.63, 3.8) is 0 Å². The Labute approximate surface area is 146 Å². The number of rotatable bonds is 4. The molecule has 0 saturated carbocycles. The van der Waals surface area contributed by atoms with Crippen molar-refractivity contribution in [3.8, 4) is 0 Å². The van der Waals surface area contributed by atoms with E-state index >= 15 is 0 Å². The Kier molecular flexibility index (Phi) is 5.88. The van der Waals surface area contributed by atoms with Crippen molar-refractivity contribution < 1.29 is 4.79 Å². The molecule has 0 N–H and O–H groups in total. The monoisotopic (exact) mass is 329 g/mol. The fourth-order valence-corrected chi connectivity index (χ4v) is 4.15. The van der Waals surface area contributed by atoms with E-state index in [4.69, 9.17) is 0 Å². The van der Waals surface area contributed by atoms with Crippen LogP contribution in [0.1, 0.15) is 64.1 Å². The third kappa shape index (κ3) is 4.15. The molecule has 1 aromatic rings. The molecule has 24 heavy (non-hydrogen) atoms. The van der Waals surface area contributed by atoms with E-state index in [-0.39, 0.29) is 6.04 Å². The summed E-state index contributed by atoms with van der Waals surface area (Å²) in [5, 5.41) is 0. The van der Waals surface area contributed by atoms with Crippen LogP contribution >= 0.6 is 0 Å². The number of likely N-dealkylation sites (tertiary alicyclic amines) is 2. The quantitative estimate of drug-likeness (QED) is 0.846. The van der Waals surface area contributed by atoms with Gasteiger partial charge in [0.25, 0.3) is 0 Å². The lowest BCUT2D eigenvalue weighted by molar-refractivity contribution is -0.136. The Morgan fingerprint density at radius 2 is 1.96 bits per heavy atom. The number of carbonyl (C=O) groups is 1. The van der Waals surface area contributed by atoms with E-state index in [0.29, 0.717) is 17.9 Å². The number of nitrogens with zero attached hydrogens (tertiary/aromatic N) is 3. The zero-order valence-corrected chi connectivity index (χ0v) is 15.2. The van der Waals surface area contributed by atoms with Crippen molar-refractivity contribution in [2.45, 2.75) is 64.5 Å². The first-order chi connectivity index (χ1) is 11.6. The van der Waals surface area contributed by atoms with Gasteiger partial charge in [-0.3, -0.25) is 9.78 Å². The lowest BCUT2D eigenvalue weighted by Crippen LogP contribution is -2.42. The Bertz CT molecular complexity index is 523. The normalized spacial score (nSPS) is 23.6. The highest BCUT2D eigenvalue weighted by Gasteiger charge is 2.31. The molecule has 1 atom stereocenters. The van der Waals surface area contributed by atoms with E-state index in [1.54, 1.807) is 0 Å². The molecule has 0 aromatic carbocycles. The maximum atomic E-state index is 12.9. The molecular formula is C20H31N3O. The highest BCUT2D eigenvalue weighted by atomic mass is 16.2. The average molecular weight is 329 g/mol. The standard InChI is InChI=1S/C20H31N3O/c1-16(2)22-13-9-17(10-14-22)15-20(24)23-12-6-4-8-19(23)18-7-3-5-11-21-18/h3,5,7,11,16-17,19H,4,6,8-10,12-15H2,1-2H3/t19-/m1/s1. The molecular weight excluding hydrogens is 298 g/mol. The average Bonchev–Trinajstić information content (AvgIpc) is 2.63. The van der Waals surface area contributed by atoms with E-state index in [2.05, 4.69) is 34.7 Å². The predicted molar refractivity (Wildman–Crippen MR) is 96.6 cm³/mol. The minimum absolute atomic E-state index is 0.184. The molecule has 4 nitrogen and oxygen atoms in total. The number of pyridine rings is 1. The predicted octanol–water partition coefficient (Wildman–Crippen LogP) is 3.65. The number of piperidine rings is 2. The lowest BCUT2D eigenvalue weighted by Gasteiger charge is -2.38. The molecule has 3 rings (SSSR count). The van der Waals surface area contributed by atoms with Crippen molar-refractivity contribution in [2.24, 2.45) is 5.92 Å². The van der Waals surface area contributed by atoms with Gasteiger partial charge in [0.05, 0.1) is 11.7 Å². The van der Waals surface area contributed by atoms with Crippen LogP contribution in [-0.2, 0) is 4.79 Å². The first-order valence-corrected chi connectivity index (χ1v) is 9.59. The minimum atomic E-state index is 0.184. The first kappa shape index (κ1) is 17.4. The zero-order chi connectivity index (χ0) is 16.9. The van der Waals surface area contributed by atoms with E-state index in [9.17, 15) is 4.79 Å². The molecule has 1 amide bonds. The molecule has 3 heterocycles. The molecule has 2 fully saturated rings. The van der Waals surface area contributed by atoms with Crippen molar-refractivity contribution in [1.82, 2.24) is 14.8 Å². The second kappa shape index (κ2) is 8.11. The van der Waals surface area contributed by atoms with E-state index in [1.165, 1.54) is 6.42 Å². The molecule has 1 aromatic heterocycles. The summed E-state index contributed by atoms with van der Waals surface area (Å²) in [7, 11) is 0. The van der Waals surface area contributed by atoms with Crippen LogP contribution in [0, 0.1) is 5.92 Å². The van der Waals surface area contributed by atoms with Gasteiger partial charge < -0.3 is 9.80 Å². The molecule has 4 heteroatoms. The van der Waals surface area contributed by atoms with Crippen LogP contribution in [0.3, 0.4) is 0 Å². The minimum Gasteiger partial charge on any atom is -0.334 e. The first-order valence-electron chi connectivity index (χ1n) is 9.59. The number of hydrogen-bond acceptors (Lipinski definition) is 3. The van der Waals surface area contributed by atoms with Crippen LogP contribution in [0.5, 0.6) is 0 Å². The van der Waals surface area contributed by atoms with Gasteiger partial charge in [-0.05, 0) is 77.1 Å². The molecule has 2 aliphatic rings. The molecule has 0 bridgehead atoms. The van der Waals surface area contributed by atoms with Gasteiger partial charge in [0.15, 0.2) is 0 Å². The van der Waals surface area contributed by atoms with Gasteiger partial charge in [-0.1, -0.05) is 6.07 Å². The second-order valence-corrected chi connectivity index (χ2v) is 7.63. The highest BCUT2D eigenvalue weighted by molar-refractivity contribution is 5.77. The van der Waals surface area contributed by atoms with Gasteiger partial charge in [0, 0.05) is 25.2 Å². The summed E-state index contributed by atoms with van der Waals surface area (Å²) >= 11 is 0. The van der Waals surface area contributed by atoms with Crippen LogP contribution in [0.15, 0.2) is 24.4 Å². The van der Waals surface area contributed by atoms with Crippen LogP contribution in [0.2, 0.25) is 0 Å². The van der Waals surface area contributed by atoms with Crippen molar-refractivity contribution in [1.29, 1.82) is 0 Å².